The Morgan fingerprint density at radius 3 is 2.58 bits per heavy atom. The predicted octanol–water partition coefficient (Wildman–Crippen LogP) is 2.44. The van der Waals surface area contributed by atoms with E-state index in [0.717, 1.165) is 24.0 Å². The topological polar surface area (TPSA) is 46.5 Å². The van der Waals surface area contributed by atoms with Crippen molar-refractivity contribution in [2.75, 3.05) is 13.7 Å². The Hall–Kier alpha value is -1.35. The van der Waals surface area contributed by atoms with Gasteiger partial charge in [0.2, 0.25) is 0 Å². The van der Waals surface area contributed by atoms with E-state index in [-0.39, 0.29) is 18.0 Å². The fraction of sp³-hybridized carbons (Fsp3) is 0.562. The zero-order valence-corrected chi connectivity index (χ0v) is 12.2. The highest BCUT2D eigenvalue weighted by Crippen LogP contribution is 2.40. The molecular formula is C16H22O3. The molecule has 0 bridgehead atoms. The first-order valence-corrected chi connectivity index (χ1v) is 6.73. The Morgan fingerprint density at radius 2 is 2.00 bits per heavy atom. The lowest BCUT2D eigenvalue weighted by molar-refractivity contribution is 0.0599. The largest absolute Gasteiger partial charge is 0.465 e. The summed E-state index contributed by atoms with van der Waals surface area (Å²) in [6.07, 6.45) is 2.48. The van der Waals surface area contributed by atoms with Gasteiger partial charge in [-0.25, -0.2) is 4.79 Å². The summed E-state index contributed by atoms with van der Waals surface area (Å²) in [7, 11) is 1.42. The van der Waals surface area contributed by atoms with Gasteiger partial charge in [-0.05, 0) is 59.9 Å². The van der Waals surface area contributed by atoms with Gasteiger partial charge in [-0.2, -0.15) is 0 Å². The van der Waals surface area contributed by atoms with Crippen molar-refractivity contribution in [3.8, 4) is 0 Å². The Labute approximate surface area is 114 Å². The lowest BCUT2D eigenvalue weighted by Crippen LogP contribution is -2.11. The first-order valence-electron chi connectivity index (χ1n) is 6.73. The SMILES string of the molecule is COC(=O)c1cc(CCO)c(C)c2c1CC(C)(C)C2. The second-order valence-corrected chi connectivity index (χ2v) is 6.15. The Balaban J connectivity index is 2.60. The number of fused-ring (bicyclic) bond motifs is 1. The number of benzene rings is 1. The van der Waals surface area contributed by atoms with E-state index >= 15 is 0 Å². The highest BCUT2D eigenvalue weighted by molar-refractivity contribution is 5.92. The minimum Gasteiger partial charge on any atom is -0.465 e. The van der Waals surface area contributed by atoms with E-state index in [1.54, 1.807) is 0 Å². The fourth-order valence-corrected chi connectivity index (χ4v) is 3.09. The molecule has 0 saturated carbocycles. The second kappa shape index (κ2) is 4.97. The number of methoxy groups -OCH3 is 1. The van der Waals surface area contributed by atoms with Gasteiger partial charge in [0.15, 0.2) is 0 Å². The van der Waals surface area contributed by atoms with Crippen molar-refractivity contribution in [2.45, 2.75) is 40.0 Å². The quantitative estimate of drug-likeness (QED) is 0.851. The van der Waals surface area contributed by atoms with Gasteiger partial charge in [0.1, 0.15) is 0 Å². The highest BCUT2D eigenvalue weighted by atomic mass is 16.5. The van der Waals surface area contributed by atoms with Crippen molar-refractivity contribution in [1.29, 1.82) is 0 Å². The van der Waals surface area contributed by atoms with Crippen LogP contribution in [0.5, 0.6) is 0 Å². The zero-order chi connectivity index (χ0) is 14.2. The van der Waals surface area contributed by atoms with E-state index in [4.69, 9.17) is 9.84 Å². The smallest absolute Gasteiger partial charge is 0.338 e. The van der Waals surface area contributed by atoms with Crippen molar-refractivity contribution in [2.24, 2.45) is 5.41 Å². The third-order valence-electron chi connectivity index (χ3n) is 4.04. The molecule has 0 radical (unpaired) electrons. The van der Waals surface area contributed by atoms with Crippen LogP contribution in [0.2, 0.25) is 0 Å². The minimum atomic E-state index is -0.270. The van der Waals surface area contributed by atoms with Crippen LogP contribution in [0, 0.1) is 12.3 Å². The maximum atomic E-state index is 12.0. The van der Waals surface area contributed by atoms with Crippen LogP contribution in [0.25, 0.3) is 0 Å². The molecule has 19 heavy (non-hydrogen) atoms. The molecule has 0 saturated heterocycles. The summed E-state index contributed by atoms with van der Waals surface area (Å²) in [4.78, 5) is 12.0. The molecular weight excluding hydrogens is 240 g/mol. The molecule has 0 aliphatic heterocycles. The van der Waals surface area contributed by atoms with E-state index in [2.05, 4.69) is 20.8 Å². The molecule has 1 aromatic rings. The molecule has 0 heterocycles. The van der Waals surface area contributed by atoms with Crippen LogP contribution in [0.15, 0.2) is 6.07 Å². The van der Waals surface area contributed by atoms with Gasteiger partial charge in [-0.1, -0.05) is 13.8 Å². The number of aliphatic hydroxyl groups is 1. The fourth-order valence-electron chi connectivity index (χ4n) is 3.09. The van der Waals surface area contributed by atoms with Crippen molar-refractivity contribution < 1.29 is 14.6 Å². The summed E-state index contributed by atoms with van der Waals surface area (Å²) in [5, 5.41) is 9.17. The summed E-state index contributed by atoms with van der Waals surface area (Å²) in [5.74, 6) is -0.270. The third kappa shape index (κ3) is 2.52. The number of ether oxygens (including phenoxy) is 1. The maximum Gasteiger partial charge on any atom is 0.338 e. The molecule has 0 aromatic heterocycles. The van der Waals surface area contributed by atoms with Crippen molar-refractivity contribution in [3.05, 3.63) is 33.9 Å². The van der Waals surface area contributed by atoms with Crippen LogP contribution in [0.4, 0.5) is 0 Å². The number of rotatable bonds is 3. The average molecular weight is 262 g/mol. The number of carbonyl (C=O) groups excluding carboxylic acids is 1. The van der Waals surface area contributed by atoms with E-state index in [1.165, 1.54) is 18.2 Å². The summed E-state index contributed by atoms with van der Waals surface area (Å²) < 4.78 is 4.90. The summed E-state index contributed by atoms with van der Waals surface area (Å²) in [6.45, 7) is 6.63. The van der Waals surface area contributed by atoms with Gasteiger partial charge in [0.25, 0.3) is 0 Å². The van der Waals surface area contributed by atoms with E-state index in [0.29, 0.717) is 12.0 Å². The molecule has 2 rings (SSSR count). The minimum absolute atomic E-state index is 0.101. The monoisotopic (exact) mass is 262 g/mol. The normalized spacial score (nSPS) is 16.3. The molecule has 1 aliphatic rings. The average Bonchev–Trinajstić information content (AvgIpc) is 2.68. The van der Waals surface area contributed by atoms with Gasteiger partial charge in [-0.15, -0.1) is 0 Å². The molecule has 1 aliphatic carbocycles. The van der Waals surface area contributed by atoms with Crippen LogP contribution < -0.4 is 0 Å². The molecule has 3 nitrogen and oxygen atoms in total. The number of carbonyl (C=O) groups is 1. The van der Waals surface area contributed by atoms with Crippen LogP contribution in [0.1, 0.15) is 46.5 Å². The molecule has 0 fully saturated rings. The van der Waals surface area contributed by atoms with Crippen molar-refractivity contribution >= 4 is 5.97 Å². The highest BCUT2D eigenvalue weighted by Gasteiger charge is 2.33. The van der Waals surface area contributed by atoms with Crippen LogP contribution >= 0.6 is 0 Å². The lowest BCUT2D eigenvalue weighted by Gasteiger charge is -2.15. The third-order valence-corrected chi connectivity index (χ3v) is 4.04. The summed E-state index contributed by atoms with van der Waals surface area (Å²) in [6, 6.07) is 1.90. The zero-order valence-electron chi connectivity index (χ0n) is 12.2. The van der Waals surface area contributed by atoms with E-state index < -0.39 is 0 Å². The van der Waals surface area contributed by atoms with Gasteiger partial charge in [0.05, 0.1) is 12.7 Å². The van der Waals surface area contributed by atoms with Gasteiger partial charge in [-0.3, -0.25) is 0 Å². The van der Waals surface area contributed by atoms with Gasteiger partial charge < -0.3 is 9.84 Å². The van der Waals surface area contributed by atoms with Crippen molar-refractivity contribution in [1.82, 2.24) is 0 Å². The van der Waals surface area contributed by atoms with E-state index in [1.807, 2.05) is 6.07 Å². The molecule has 0 amide bonds. The lowest BCUT2D eigenvalue weighted by atomic mass is 9.90. The molecule has 1 aromatic carbocycles. The molecule has 0 spiro atoms. The first kappa shape index (κ1) is 14.1. The Morgan fingerprint density at radius 1 is 1.37 bits per heavy atom. The van der Waals surface area contributed by atoms with Crippen molar-refractivity contribution in [3.63, 3.8) is 0 Å². The van der Waals surface area contributed by atoms with E-state index in [9.17, 15) is 4.79 Å². The second-order valence-electron chi connectivity index (χ2n) is 6.15. The van der Waals surface area contributed by atoms with Crippen LogP contribution in [-0.4, -0.2) is 24.8 Å². The number of hydrogen-bond acceptors (Lipinski definition) is 3. The Bertz CT molecular complexity index is 515. The summed E-state index contributed by atoms with van der Waals surface area (Å²) in [5.41, 5.74) is 5.55. The van der Waals surface area contributed by atoms with Gasteiger partial charge >= 0.3 is 5.97 Å². The number of hydrogen-bond donors (Lipinski definition) is 1. The predicted molar refractivity (Wildman–Crippen MR) is 74.5 cm³/mol. The molecule has 3 heteroatoms. The molecule has 104 valence electrons. The molecule has 1 N–H and O–H groups in total. The molecule has 0 unspecified atom stereocenters. The van der Waals surface area contributed by atoms with Gasteiger partial charge in [0, 0.05) is 6.61 Å². The first-order chi connectivity index (χ1) is 8.89. The summed E-state index contributed by atoms with van der Waals surface area (Å²) >= 11 is 0. The molecule has 0 atom stereocenters. The standard InChI is InChI=1S/C16H22O3/c1-10-11(5-6-17)7-12(15(18)19-4)14-9-16(2,3)8-13(10)14/h7,17H,5-6,8-9H2,1-4H3. The maximum absolute atomic E-state index is 12.0. The number of aliphatic hydroxyl groups excluding tert-OH is 1. The van der Waals surface area contributed by atoms with Crippen LogP contribution in [0.3, 0.4) is 0 Å². The Kier molecular flexibility index (Phi) is 3.68. The van der Waals surface area contributed by atoms with Crippen LogP contribution in [-0.2, 0) is 24.0 Å². The number of esters is 1.